The number of fused-ring (bicyclic) bond motifs is 1. The molecule has 0 bridgehead atoms. The summed E-state index contributed by atoms with van der Waals surface area (Å²) in [4.78, 5) is 0. The molecule has 0 atom stereocenters. The van der Waals surface area contributed by atoms with Crippen LogP contribution >= 0.6 is 38.5 Å². The van der Waals surface area contributed by atoms with Gasteiger partial charge in [-0.05, 0) is 41.1 Å². The van der Waals surface area contributed by atoms with Gasteiger partial charge in [-0.2, -0.15) is 0 Å². The van der Waals surface area contributed by atoms with Crippen molar-refractivity contribution in [3.63, 3.8) is 0 Å². The minimum absolute atomic E-state index is 1.15. The Morgan fingerprint density at radius 1 is 1.43 bits per heavy atom. The summed E-state index contributed by atoms with van der Waals surface area (Å²) in [6, 6.07) is 2.14. The van der Waals surface area contributed by atoms with Crippen LogP contribution in [0.25, 0.3) is 0 Å². The third kappa shape index (κ3) is 1.42. The van der Waals surface area contributed by atoms with E-state index in [0.29, 0.717) is 0 Å². The average molecular weight is 368 g/mol. The molecule has 0 spiro atoms. The summed E-state index contributed by atoms with van der Waals surface area (Å²) in [6.07, 6.45) is 0. The quantitative estimate of drug-likeness (QED) is 0.711. The lowest BCUT2D eigenvalue weighted by Crippen LogP contribution is -2.34. The highest BCUT2D eigenvalue weighted by Crippen LogP contribution is 2.41. The molecule has 76 valence electrons. The zero-order valence-corrected chi connectivity index (χ0v) is 12.0. The predicted molar refractivity (Wildman–Crippen MR) is 71.4 cm³/mol. The smallest absolute Gasteiger partial charge is 0.0918 e. The molecule has 0 fully saturated rings. The monoisotopic (exact) mass is 367 g/mol. The Kier molecular flexibility index (Phi) is 2.65. The van der Waals surface area contributed by atoms with Crippen molar-refractivity contribution < 1.29 is 0 Å². The Balaban J connectivity index is 2.67. The van der Waals surface area contributed by atoms with E-state index in [4.69, 9.17) is 0 Å². The Bertz CT molecular complexity index is 394. The lowest BCUT2D eigenvalue weighted by Gasteiger charge is -2.20. The van der Waals surface area contributed by atoms with E-state index in [9.17, 15) is 0 Å². The third-order valence-electron chi connectivity index (χ3n) is 2.50. The second kappa shape index (κ2) is 3.53. The van der Waals surface area contributed by atoms with Crippen LogP contribution in [0.1, 0.15) is 5.56 Å². The summed E-state index contributed by atoms with van der Waals surface area (Å²) in [5, 5.41) is 4.09. The molecule has 1 aromatic carbocycles. The third-order valence-corrected chi connectivity index (χ3v) is 4.14. The lowest BCUT2D eigenvalue weighted by atomic mass is 10.2. The summed E-state index contributed by atoms with van der Waals surface area (Å²) in [5.74, 6) is 0. The Morgan fingerprint density at radius 2 is 2.07 bits per heavy atom. The van der Waals surface area contributed by atoms with Gasteiger partial charge in [0.15, 0.2) is 0 Å². The van der Waals surface area contributed by atoms with Crippen molar-refractivity contribution in [1.82, 2.24) is 5.12 Å². The number of nitrogens with one attached hydrogen (secondary N) is 1. The van der Waals surface area contributed by atoms with E-state index in [1.807, 2.05) is 19.2 Å². The molecule has 1 N–H and O–H groups in total. The van der Waals surface area contributed by atoms with Gasteiger partial charge in [0.1, 0.15) is 0 Å². The zero-order chi connectivity index (χ0) is 10.5. The van der Waals surface area contributed by atoms with Gasteiger partial charge < -0.3 is 0 Å². The van der Waals surface area contributed by atoms with E-state index in [-0.39, 0.29) is 0 Å². The van der Waals surface area contributed by atoms with Crippen LogP contribution in [0.3, 0.4) is 0 Å². The first-order valence-electron chi connectivity index (χ1n) is 4.25. The maximum atomic E-state index is 3.56. The minimum atomic E-state index is 1.15. The minimum Gasteiger partial charge on any atom is -0.299 e. The zero-order valence-electron chi connectivity index (χ0n) is 8.23. The second-order valence-electron chi connectivity index (χ2n) is 3.35. The molecule has 1 heterocycles. The molecule has 1 aromatic rings. The Labute approximate surface area is 106 Å². The van der Waals surface area contributed by atoms with Crippen molar-refractivity contribution in [3.05, 3.63) is 19.7 Å². The van der Waals surface area contributed by atoms with Gasteiger partial charge in [0.05, 0.1) is 11.4 Å². The van der Waals surface area contributed by atoms with Crippen molar-refractivity contribution in [2.24, 2.45) is 0 Å². The fraction of sp³-hybridized carbons (Fsp3) is 0.333. The van der Waals surface area contributed by atoms with Crippen LogP contribution in [-0.4, -0.2) is 19.2 Å². The highest BCUT2D eigenvalue weighted by molar-refractivity contribution is 14.1. The molecule has 0 aliphatic carbocycles. The van der Waals surface area contributed by atoms with Gasteiger partial charge in [0.2, 0.25) is 0 Å². The van der Waals surface area contributed by atoms with E-state index in [0.717, 1.165) is 4.47 Å². The molecule has 0 aromatic heterocycles. The molecule has 1 aliphatic rings. The molecule has 0 saturated heterocycles. The number of hydrogen-bond acceptors (Lipinski definition) is 3. The number of hydrogen-bond donors (Lipinski definition) is 1. The van der Waals surface area contributed by atoms with Gasteiger partial charge in [-0.25, -0.2) is 0 Å². The lowest BCUT2D eigenvalue weighted by molar-refractivity contribution is 0.412. The van der Waals surface area contributed by atoms with Crippen LogP contribution in [0.2, 0.25) is 0 Å². The fourth-order valence-electron chi connectivity index (χ4n) is 1.54. The normalized spacial score (nSPS) is 15.6. The number of benzene rings is 1. The molecule has 0 amide bonds. The van der Waals surface area contributed by atoms with Crippen molar-refractivity contribution >= 4 is 49.9 Å². The van der Waals surface area contributed by atoms with E-state index in [1.54, 1.807) is 0 Å². The summed E-state index contributed by atoms with van der Waals surface area (Å²) in [5.41, 5.74) is 7.00. The number of nitrogens with zero attached hydrogens (tertiary/aromatic N) is 2. The molecule has 0 unspecified atom stereocenters. The summed E-state index contributed by atoms with van der Waals surface area (Å²) < 4.78 is 2.39. The fourth-order valence-corrected chi connectivity index (χ4v) is 3.33. The topological polar surface area (TPSA) is 18.5 Å². The van der Waals surface area contributed by atoms with Crippen molar-refractivity contribution in [3.8, 4) is 0 Å². The van der Waals surface area contributed by atoms with Crippen LogP contribution in [0, 0.1) is 10.5 Å². The molecule has 3 nitrogen and oxygen atoms in total. The van der Waals surface area contributed by atoms with Crippen LogP contribution in [0.5, 0.6) is 0 Å². The summed E-state index contributed by atoms with van der Waals surface area (Å²) >= 11 is 5.91. The van der Waals surface area contributed by atoms with E-state index < -0.39 is 0 Å². The van der Waals surface area contributed by atoms with Gasteiger partial charge in [-0.15, -0.1) is 5.12 Å². The van der Waals surface area contributed by atoms with Gasteiger partial charge in [-0.1, -0.05) is 15.9 Å². The van der Waals surface area contributed by atoms with E-state index in [1.165, 1.54) is 20.5 Å². The van der Waals surface area contributed by atoms with Gasteiger partial charge in [-0.3, -0.25) is 10.4 Å². The highest BCUT2D eigenvalue weighted by atomic mass is 127. The molecule has 0 radical (unpaired) electrons. The van der Waals surface area contributed by atoms with Gasteiger partial charge in [0.25, 0.3) is 0 Å². The van der Waals surface area contributed by atoms with E-state index >= 15 is 0 Å². The summed E-state index contributed by atoms with van der Waals surface area (Å²) in [6.45, 7) is 2.11. The highest BCUT2D eigenvalue weighted by Gasteiger charge is 2.25. The first kappa shape index (κ1) is 10.5. The van der Waals surface area contributed by atoms with Crippen LogP contribution < -0.4 is 10.4 Å². The maximum Gasteiger partial charge on any atom is 0.0918 e. The SMILES string of the molecule is Cc1c(Br)cc(I)c2c1NN(C)N2C. The molecule has 0 saturated carbocycles. The van der Waals surface area contributed by atoms with Crippen molar-refractivity contribution in [2.75, 3.05) is 24.5 Å². The van der Waals surface area contributed by atoms with Crippen molar-refractivity contribution in [1.29, 1.82) is 0 Å². The summed E-state index contributed by atoms with van der Waals surface area (Å²) in [7, 11) is 4.05. The van der Waals surface area contributed by atoms with Crippen LogP contribution in [0.15, 0.2) is 10.5 Å². The average Bonchev–Trinajstić information content (AvgIpc) is 2.40. The molecule has 5 heteroatoms. The molecular formula is C9H11BrIN3. The van der Waals surface area contributed by atoms with Crippen molar-refractivity contribution in [2.45, 2.75) is 6.92 Å². The maximum absolute atomic E-state index is 3.56. The first-order valence-corrected chi connectivity index (χ1v) is 6.12. The number of rotatable bonds is 0. The number of hydrazine groups is 2. The second-order valence-corrected chi connectivity index (χ2v) is 5.36. The molecule has 1 aliphatic heterocycles. The van der Waals surface area contributed by atoms with Crippen LogP contribution in [0.4, 0.5) is 11.4 Å². The van der Waals surface area contributed by atoms with Gasteiger partial charge >= 0.3 is 0 Å². The van der Waals surface area contributed by atoms with Crippen LogP contribution in [-0.2, 0) is 0 Å². The Hall–Kier alpha value is -0.0100. The standard InChI is InChI=1S/C9H11BrIN3/c1-5-6(10)4-7(11)9-8(5)12-14(3)13(9)2/h4,12H,1-3H3. The number of halogens is 2. The first-order chi connectivity index (χ1) is 6.52. The number of anilines is 2. The largest absolute Gasteiger partial charge is 0.299 e. The molecular weight excluding hydrogens is 357 g/mol. The van der Waals surface area contributed by atoms with Gasteiger partial charge in [0, 0.05) is 22.1 Å². The predicted octanol–water partition coefficient (Wildman–Crippen LogP) is 2.99. The Morgan fingerprint density at radius 3 is 2.71 bits per heavy atom. The van der Waals surface area contributed by atoms with E-state index in [2.05, 4.69) is 61.9 Å². The molecule has 14 heavy (non-hydrogen) atoms. The molecule has 2 rings (SSSR count).